The van der Waals surface area contributed by atoms with Gasteiger partial charge in [-0.2, -0.15) is 0 Å². The van der Waals surface area contributed by atoms with Gasteiger partial charge in [0.2, 0.25) is 0 Å². The largest absolute Gasteiger partial charge is 0.480 e. The van der Waals surface area contributed by atoms with Crippen molar-refractivity contribution in [2.75, 3.05) is 24.5 Å². The van der Waals surface area contributed by atoms with Crippen LogP contribution in [0.2, 0.25) is 0 Å². The molecule has 2 aliphatic rings. The predicted molar refractivity (Wildman–Crippen MR) is 95.5 cm³/mol. The normalized spacial score (nSPS) is 18.9. The van der Waals surface area contributed by atoms with Crippen LogP contribution in [-0.4, -0.2) is 45.8 Å². The molecule has 1 amide bonds. The van der Waals surface area contributed by atoms with Crippen LogP contribution < -0.4 is 4.90 Å². The second kappa shape index (κ2) is 6.33. The van der Waals surface area contributed by atoms with Crippen molar-refractivity contribution < 1.29 is 14.7 Å². The number of carbonyl (C=O) groups is 2. The molecule has 0 radical (unpaired) electrons. The van der Waals surface area contributed by atoms with Crippen molar-refractivity contribution in [2.45, 2.75) is 13.3 Å². The zero-order valence-corrected chi connectivity index (χ0v) is 14.2. The van der Waals surface area contributed by atoms with Crippen LogP contribution in [0.15, 0.2) is 23.1 Å². The zero-order valence-electron chi connectivity index (χ0n) is 12.6. The minimum absolute atomic E-state index is 0.293. The minimum atomic E-state index is -1.07. The van der Waals surface area contributed by atoms with E-state index >= 15 is 0 Å². The topological polar surface area (TPSA) is 60.9 Å². The Bertz CT molecular complexity index is 730. The number of anilines is 1. The highest BCUT2D eigenvalue weighted by Crippen LogP contribution is 2.34. The summed E-state index contributed by atoms with van der Waals surface area (Å²) in [4.78, 5) is 27.0. The van der Waals surface area contributed by atoms with Gasteiger partial charge in [0.25, 0.3) is 5.91 Å². The number of carboxylic acids is 1. The number of thiocarbonyl (C=S) groups is 1. The fourth-order valence-corrected chi connectivity index (χ4v) is 4.09. The molecule has 0 saturated carbocycles. The molecule has 5 nitrogen and oxygen atoms in total. The molecule has 1 saturated heterocycles. The Morgan fingerprint density at radius 3 is 2.96 bits per heavy atom. The summed E-state index contributed by atoms with van der Waals surface area (Å²) in [7, 11) is 0. The van der Waals surface area contributed by atoms with Crippen molar-refractivity contribution in [2.24, 2.45) is 0 Å². The Morgan fingerprint density at radius 1 is 1.48 bits per heavy atom. The number of benzene rings is 1. The summed E-state index contributed by atoms with van der Waals surface area (Å²) in [5.41, 5.74) is 3.47. The standard InChI is InChI=1S/C16H16N2O3S2/c1-2-17-6-5-11-7-10(3-4-12(11)17)8-13-15(21)18(9-14(19)20)16(22)23-13/h3-4,7-8H,2,5-6,9H2,1H3,(H,19,20). The molecule has 2 heterocycles. The van der Waals surface area contributed by atoms with E-state index in [2.05, 4.69) is 24.0 Å². The Hall–Kier alpha value is -1.86. The van der Waals surface area contributed by atoms with Crippen LogP contribution in [-0.2, 0) is 16.0 Å². The summed E-state index contributed by atoms with van der Waals surface area (Å²) in [5.74, 6) is -1.40. The molecule has 0 aromatic heterocycles. The number of amides is 1. The van der Waals surface area contributed by atoms with Crippen LogP contribution in [0.5, 0.6) is 0 Å². The van der Waals surface area contributed by atoms with Crippen LogP contribution in [0.25, 0.3) is 6.08 Å². The van der Waals surface area contributed by atoms with Gasteiger partial charge in [-0.15, -0.1) is 0 Å². The molecular formula is C16H16N2O3S2. The molecule has 120 valence electrons. The lowest BCUT2D eigenvalue weighted by atomic mass is 10.1. The summed E-state index contributed by atoms with van der Waals surface area (Å²) in [6.07, 6.45) is 2.79. The molecule has 7 heteroatoms. The van der Waals surface area contributed by atoms with E-state index in [1.54, 1.807) is 6.08 Å². The highest BCUT2D eigenvalue weighted by Gasteiger charge is 2.33. The van der Waals surface area contributed by atoms with Crippen molar-refractivity contribution >= 4 is 51.9 Å². The van der Waals surface area contributed by atoms with E-state index in [1.807, 2.05) is 6.07 Å². The van der Waals surface area contributed by atoms with Gasteiger partial charge in [0.05, 0.1) is 4.91 Å². The van der Waals surface area contributed by atoms with Crippen molar-refractivity contribution in [3.8, 4) is 0 Å². The number of carboxylic acid groups (broad SMARTS) is 1. The van der Waals surface area contributed by atoms with Crippen LogP contribution in [0.1, 0.15) is 18.1 Å². The molecule has 3 rings (SSSR count). The highest BCUT2D eigenvalue weighted by molar-refractivity contribution is 8.26. The van der Waals surface area contributed by atoms with E-state index in [0.29, 0.717) is 9.23 Å². The van der Waals surface area contributed by atoms with Gasteiger partial charge < -0.3 is 10.0 Å². The summed E-state index contributed by atoms with van der Waals surface area (Å²) >= 11 is 6.25. The first-order valence-electron chi connectivity index (χ1n) is 7.34. The van der Waals surface area contributed by atoms with Gasteiger partial charge in [0.15, 0.2) is 0 Å². The molecule has 0 aliphatic carbocycles. The number of aliphatic carboxylic acids is 1. The summed E-state index contributed by atoms with van der Waals surface area (Å²) in [5, 5.41) is 8.85. The molecule has 1 aromatic carbocycles. The quantitative estimate of drug-likeness (QED) is 0.666. The fourth-order valence-electron chi connectivity index (χ4n) is 2.83. The van der Waals surface area contributed by atoms with Gasteiger partial charge >= 0.3 is 5.97 Å². The first-order chi connectivity index (χ1) is 11.0. The molecule has 0 bridgehead atoms. The molecule has 0 unspecified atom stereocenters. The van der Waals surface area contributed by atoms with Gasteiger partial charge in [0, 0.05) is 18.8 Å². The van der Waals surface area contributed by atoms with Crippen LogP contribution >= 0.6 is 24.0 Å². The van der Waals surface area contributed by atoms with Crippen LogP contribution in [0, 0.1) is 0 Å². The third-order valence-electron chi connectivity index (χ3n) is 3.94. The van der Waals surface area contributed by atoms with Crippen molar-refractivity contribution in [3.05, 3.63) is 34.2 Å². The molecule has 0 atom stereocenters. The van der Waals surface area contributed by atoms with Gasteiger partial charge in [-0.25, -0.2) is 0 Å². The Kier molecular flexibility index (Phi) is 4.41. The van der Waals surface area contributed by atoms with Gasteiger partial charge in [-0.05, 0) is 42.7 Å². The SMILES string of the molecule is CCN1CCc2cc(C=C3SC(=S)N(CC(=O)O)C3=O)ccc21. The van der Waals surface area contributed by atoms with E-state index in [-0.39, 0.29) is 5.91 Å². The summed E-state index contributed by atoms with van der Waals surface area (Å²) in [6.45, 7) is 3.75. The molecule has 1 N–H and O–H groups in total. The zero-order chi connectivity index (χ0) is 16.6. The monoisotopic (exact) mass is 348 g/mol. The lowest BCUT2D eigenvalue weighted by Crippen LogP contribution is -2.33. The lowest BCUT2D eigenvalue weighted by molar-refractivity contribution is -0.140. The first kappa shape index (κ1) is 16.0. The van der Waals surface area contributed by atoms with Gasteiger partial charge in [-0.1, -0.05) is 30.0 Å². The molecule has 1 aromatic rings. The molecule has 0 spiro atoms. The number of thioether (sulfide) groups is 1. The summed E-state index contributed by atoms with van der Waals surface area (Å²) < 4.78 is 0.293. The number of hydrogen-bond acceptors (Lipinski definition) is 5. The predicted octanol–water partition coefficient (Wildman–Crippen LogP) is 2.35. The summed E-state index contributed by atoms with van der Waals surface area (Å²) in [6, 6.07) is 6.15. The number of nitrogens with zero attached hydrogens (tertiary/aromatic N) is 2. The van der Waals surface area contributed by atoms with Crippen molar-refractivity contribution in [1.29, 1.82) is 0 Å². The minimum Gasteiger partial charge on any atom is -0.480 e. The molecule has 1 fully saturated rings. The smallest absolute Gasteiger partial charge is 0.323 e. The van der Waals surface area contributed by atoms with Gasteiger partial charge in [0.1, 0.15) is 10.9 Å². The maximum absolute atomic E-state index is 12.3. The second-order valence-electron chi connectivity index (χ2n) is 5.38. The van der Waals surface area contributed by atoms with Crippen LogP contribution in [0.4, 0.5) is 5.69 Å². The lowest BCUT2D eigenvalue weighted by Gasteiger charge is -2.16. The second-order valence-corrected chi connectivity index (χ2v) is 7.06. The first-order valence-corrected chi connectivity index (χ1v) is 8.57. The van der Waals surface area contributed by atoms with E-state index < -0.39 is 12.5 Å². The van der Waals surface area contributed by atoms with Crippen molar-refractivity contribution in [3.63, 3.8) is 0 Å². The number of carbonyl (C=O) groups excluding carboxylic acids is 1. The van der Waals surface area contributed by atoms with E-state index in [9.17, 15) is 9.59 Å². The maximum atomic E-state index is 12.3. The number of hydrogen-bond donors (Lipinski definition) is 1. The van der Waals surface area contributed by atoms with Gasteiger partial charge in [-0.3, -0.25) is 14.5 Å². The molecule has 23 heavy (non-hydrogen) atoms. The fraction of sp³-hybridized carbons (Fsp3) is 0.312. The third-order valence-corrected chi connectivity index (χ3v) is 5.32. The third kappa shape index (κ3) is 3.11. The van der Waals surface area contributed by atoms with E-state index in [4.69, 9.17) is 17.3 Å². The number of fused-ring (bicyclic) bond motifs is 1. The maximum Gasteiger partial charge on any atom is 0.323 e. The highest BCUT2D eigenvalue weighted by atomic mass is 32.2. The van der Waals surface area contributed by atoms with E-state index in [1.165, 1.54) is 11.3 Å². The molecular weight excluding hydrogens is 332 g/mol. The van der Waals surface area contributed by atoms with E-state index in [0.717, 1.165) is 41.7 Å². The van der Waals surface area contributed by atoms with Crippen molar-refractivity contribution in [1.82, 2.24) is 4.90 Å². The Morgan fingerprint density at radius 2 is 2.26 bits per heavy atom. The average Bonchev–Trinajstić information content (AvgIpc) is 3.03. The number of rotatable bonds is 4. The molecule has 2 aliphatic heterocycles. The Balaban J connectivity index is 1.84. The number of likely N-dealkylation sites (N-methyl/N-ethyl adjacent to an activating group) is 1. The average molecular weight is 348 g/mol. The Labute approximate surface area is 143 Å². The van der Waals surface area contributed by atoms with Crippen LogP contribution in [0.3, 0.4) is 0 Å².